The van der Waals surface area contributed by atoms with E-state index in [0.29, 0.717) is 25.4 Å². The van der Waals surface area contributed by atoms with Gasteiger partial charge < -0.3 is 20.5 Å². The Bertz CT molecular complexity index is 455. The molecule has 0 saturated heterocycles. The first-order valence-electron chi connectivity index (χ1n) is 7.20. The van der Waals surface area contributed by atoms with Crippen molar-refractivity contribution in [2.24, 2.45) is 0 Å². The van der Waals surface area contributed by atoms with E-state index in [4.69, 9.17) is 4.74 Å². The van der Waals surface area contributed by atoms with Crippen LogP contribution in [0.2, 0.25) is 0 Å². The molecule has 0 aliphatic rings. The van der Waals surface area contributed by atoms with Gasteiger partial charge >= 0.3 is 0 Å². The van der Waals surface area contributed by atoms with Crippen LogP contribution in [0.1, 0.15) is 39.9 Å². The first-order chi connectivity index (χ1) is 9.68. The molecule has 0 aliphatic carbocycles. The fourth-order valence-electron chi connectivity index (χ4n) is 1.69. The molecule has 1 aromatic rings. The highest BCUT2D eigenvalue weighted by Crippen LogP contribution is 2.22. The number of ether oxygens (including phenoxy) is 1. The van der Waals surface area contributed by atoms with Gasteiger partial charge in [-0.15, -0.1) is 0 Å². The predicted octanol–water partition coefficient (Wildman–Crippen LogP) is 2.02. The molecule has 3 N–H and O–H groups in total. The minimum Gasteiger partial charge on any atom is -0.388 e. The molecule has 0 amide bonds. The molecule has 0 saturated carbocycles. The van der Waals surface area contributed by atoms with E-state index in [2.05, 4.69) is 41.4 Å². The van der Waals surface area contributed by atoms with Crippen LogP contribution < -0.4 is 10.6 Å². The van der Waals surface area contributed by atoms with Gasteiger partial charge in [-0.3, -0.25) is 0 Å². The zero-order chi connectivity index (χ0) is 16.1. The van der Waals surface area contributed by atoms with E-state index in [1.165, 1.54) is 0 Å². The van der Waals surface area contributed by atoms with Crippen molar-refractivity contribution in [1.29, 1.82) is 0 Å². The van der Waals surface area contributed by atoms with Crippen LogP contribution >= 0.6 is 0 Å². The lowest BCUT2D eigenvalue weighted by Gasteiger charge is -2.24. The van der Waals surface area contributed by atoms with E-state index in [-0.39, 0.29) is 5.41 Å². The first-order valence-corrected chi connectivity index (χ1v) is 7.20. The molecule has 0 aliphatic heterocycles. The molecule has 0 bridgehead atoms. The molecule has 0 spiro atoms. The largest absolute Gasteiger partial charge is 0.388 e. The molecule has 1 heterocycles. The zero-order valence-corrected chi connectivity index (χ0v) is 13.9. The maximum atomic E-state index is 10.3. The van der Waals surface area contributed by atoms with Gasteiger partial charge in [0.15, 0.2) is 0 Å². The third kappa shape index (κ3) is 5.85. The van der Waals surface area contributed by atoms with Crippen molar-refractivity contribution in [3.05, 3.63) is 11.9 Å². The maximum absolute atomic E-state index is 10.3. The molecule has 6 heteroatoms. The summed E-state index contributed by atoms with van der Waals surface area (Å²) in [5.74, 6) is 2.22. The van der Waals surface area contributed by atoms with Crippen LogP contribution in [0.5, 0.6) is 0 Å². The Morgan fingerprint density at radius 2 is 1.81 bits per heavy atom. The Labute approximate surface area is 127 Å². The Morgan fingerprint density at radius 3 is 2.33 bits per heavy atom. The first kappa shape index (κ1) is 17.7. The minimum absolute atomic E-state index is 0.137. The van der Waals surface area contributed by atoms with Gasteiger partial charge in [0.2, 0.25) is 0 Å². The molecule has 0 fully saturated rings. The van der Waals surface area contributed by atoms with Crippen LogP contribution in [0.4, 0.5) is 11.6 Å². The van der Waals surface area contributed by atoms with Gasteiger partial charge in [-0.2, -0.15) is 0 Å². The number of rotatable bonds is 7. The van der Waals surface area contributed by atoms with Crippen LogP contribution in [0.3, 0.4) is 0 Å². The highest BCUT2D eigenvalue weighted by Gasteiger charge is 2.22. The van der Waals surface area contributed by atoms with Crippen molar-refractivity contribution < 1.29 is 9.84 Å². The number of hydrogen-bond donors (Lipinski definition) is 3. The third-order valence-electron chi connectivity index (χ3n) is 3.15. The van der Waals surface area contributed by atoms with Gasteiger partial charge in [-0.25, -0.2) is 9.97 Å². The van der Waals surface area contributed by atoms with Crippen molar-refractivity contribution in [1.82, 2.24) is 9.97 Å². The van der Waals surface area contributed by atoms with Crippen LogP contribution in [-0.2, 0) is 10.2 Å². The molecule has 0 radical (unpaired) electrons. The van der Waals surface area contributed by atoms with E-state index in [1.54, 1.807) is 14.0 Å². The summed E-state index contributed by atoms with van der Waals surface area (Å²) < 4.78 is 5.01. The highest BCUT2D eigenvalue weighted by atomic mass is 16.5. The van der Waals surface area contributed by atoms with E-state index in [0.717, 1.165) is 11.6 Å². The molecule has 6 nitrogen and oxygen atoms in total. The summed E-state index contributed by atoms with van der Waals surface area (Å²) in [6.07, 6.45) is 0.562. The molecule has 120 valence electrons. The van der Waals surface area contributed by atoms with Crippen molar-refractivity contribution in [3.63, 3.8) is 0 Å². The third-order valence-corrected chi connectivity index (χ3v) is 3.15. The number of anilines is 2. The van der Waals surface area contributed by atoms with Gasteiger partial charge in [0.05, 0.1) is 5.60 Å². The number of methoxy groups -OCH3 is 1. The second kappa shape index (κ2) is 7.04. The van der Waals surface area contributed by atoms with Crippen molar-refractivity contribution in [2.45, 2.75) is 45.1 Å². The second-order valence-electron chi connectivity index (χ2n) is 6.56. The summed E-state index contributed by atoms with van der Waals surface area (Å²) in [5, 5.41) is 16.5. The van der Waals surface area contributed by atoms with E-state index in [1.807, 2.05) is 13.1 Å². The van der Waals surface area contributed by atoms with Gasteiger partial charge in [0, 0.05) is 45.2 Å². The molecule has 1 unspecified atom stereocenters. The molecule has 0 aromatic carbocycles. The van der Waals surface area contributed by atoms with Crippen molar-refractivity contribution in [2.75, 3.05) is 37.9 Å². The molecule has 1 aromatic heterocycles. The Morgan fingerprint density at radius 1 is 1.19 bits per heavy atom. The fraction of sp³-hybridized carbons (Fsp3) is 0.733. The summed E-state index contributed by atoms with van der Waals surface area (Å²) in [7, 11) is 3.45. The van der Waals surface area contributed by atoms with E-state index < -0.39 is 5.60 Å². The molecular weight excluding hydrogens is 268 g/mol. The molecule has 21 heavy (non-hydrogen) atoms. The smallest absolute Gasteiger partial charge is 0.138 e. The van der Waals surface area contributed by atoms with Crippen molar-refractivity contribution >= 4 is 11.6 Å². The average Bonchev–Trinajstić information content (AvgIpc) is 2.42. The summed E-state index contributed by atoms with van der Waals surface area (Å²) in [6, 6.07) is 1.83. The van der Waals surface area contributed by atoms with Crippen LogP contribution in [0.15, 0.2) is 6.07 Å². The lowest BCUT2D eigenvalue weighted by Crippen LogP contribution is -2.35. The van der Waals surface area contributed by atoms with Gasteiger partial charge in [0.25, 0.3) is 0 Å². The van der Waals surface area contributed by atoms with Crippen LogP contribution in [0.25, 0.3) is 0 Å². The van der Waals surface area contributed by atoms with Crippen molar-refractivity contribution in [3.8, 4) is 0 Å². The van der Waals surface area contributed by atoms with Gasteiger partial charge in [0.1, 0.15) is 17.5 Å². The van der Waals surface area contributed by atoms with E-state index in [9.17, 15) is 5.11 Å². The minimum atomic E-state index is -0.845. The number of nitrogens with zero attached hydrogens (tertiary/aromatic N) is 2. The zero-order valence-electron chi connectivity index (χ0n) is 13.9. The lowest BCUT2D eigenvalue weighted by molar-refractivity contribution is 0.0357. The predicted molar refractivity (Wildman–Crippen MR) is 85.9 cm³/mol. The number of aliphatic hydroxyl groups is 1. The quantitative estimate of drug-likeness (QED) is 0.714. The van der Waals surface area contributed by atoms with Crippen LogP contribution in [-0.4, -0.2) is 48.0 Å². The Hall–Kier alpha value is -1.40. The number of aromatic nitrogens is 2. The summed E-state index contributed by atoms with van der Waals surface area (Å²) in [6.45, 7) is 8.92. The monoisotopic (exact) mass is 296 g/mol. The van der Waals surface area contributed by atoms with E-state index >= 15 is 0 Å². The van der Waals surface area contributed by atoms with Gasteiger partial charge in [-0.05, 0) is 6.92 Å². The summed E-state index contributed by atoms with van der Waals surface area (Å²) >= 11 is 0. The Balaban J connectivity index is 2.83. The second-order valence-corrected chi connectivity index (χ2v) is 6.56. The lowest BCUT2D eigenvalue weighted by atomic mass is 9.96. The van der Waals surface area contributed by atoms with Crippen LogP contribution in [0, 0.1) is 0 Å². The topological polar surface area (TPSA) is 79.3 Å². The summed E-state index contributed by atoms with van der Waals surface area (Å²) in [5.41, 5.74) is -0.982. The average molecular weight is 296 g/mol. The fourth-order valence-corrected chi connectivity index (χ4v) is 1.69. The standard InChI is InChI=1S/C15H28N4O2/c1-14(2,3)13-18-11(16-5)9-12(19-13)17-10-15(4,20)7-8-21-6/h9,20H,7-8,10H2,1-6H3,(H2,16,17,18,19). The molecular formula is C15H28N4O2. The maximum Gasteiger partial charge on any atom is 0.138 e. The van der Waals surface area contributed by atoms with Gasteiger partial charge in [-0.1, -0.05) is 20.8 Å². The summed E-state index contributed by atoms with van der Waals surface area (Å²) in [4.78, 5) is 9.00. The molecule has 1 atom stereocenters. The number of hydrogen-bond acceptors (Lipinski definition) is 6. The number of nitrogens with one attached hydrogen (secondary N) is 2. The molecule has 1 rings (SSSR count). The highest BCUT2D eigenvalue weighted by molar-refractivity contribution is 5.48. The normalized spacial score (nSPS) is 14.6. The SMILES string of the molecule is CNc1cc(NCC(C)(O)CCOC)nc(C(C)(C)C)n1. The Kier molecular flexibility index (Phi) is 5.92.